The Labute approximate surface area is 195 Å². The van der Waals surface area contributed by atoms with Gasteiger partial charge >= 0.3 is 6.03 Å². The number of carbonyl (C=O) groups excluding carboxylic acids is 1. The number of aromatic nitrogens is 4. The largest absolute Gasteiger partial charge is 0.394 e. The molecule has 0 fully saturated rings. The maximum Gasteiger partial charge on any atom is 0.319 e. The normalized spacial score (nSPS) is 11.6. The van der Waals surface area contributed by atoms with Crippen LogP contribution in [0.25, 0.3) is 5.82 Å². The van der Waals surface area contributed by atoms with Crippen molar-refractivity contribution in [3.05, 3.63) is 89.6 Å². The number of nitrogens with zero attached hydrogens (tertiary/aromatic N) is 4. The van der Waals surface area contributed by atoms with Crippen LogP contribution in [0, 0.1) is 19.7 Å². The summed E-state index contributed by atoms with van der Waals surface area (Å²) in [6.07, 6.45) is 4.66. The van der Waals surface area contributed by atoms with Gasteiger partial charge in [-0.25, -0.2) is 18.9 Å². The maximum atomic E-state index is 13.3. The van der Waals surface area contributed by atoms with Crippen LogP contribution in [-0.2, 0) is 0 Å². The standard InChI is InChI=1S/C24H24FN7O2/c1-15-4-3-5-17(10-15)21(14-33)30-24(34)28-19-12-27-32(13-19)22-8-9-26-23(31-22)29-20-7-6-18(25)11-16(20)2/h3-13,21,33H,14H2,1-2H3,(H,26,29,31)(H2,28,30,34)/t21-/m1/s1. The molecule has 4 aromatic rings. The summed E-state index contributed by atoms with van der Waals surface area (Å²) in [6, 6.07) is 12.6. The van der Waals surface area contributed by atoms with Gasteiger partial charge in [0, 0.05) is 18.0 Å². The second kappa shape index (κ2) is 10.1. The predicted molar refractivity (Wildman–Crippen MR) is 127 cm³/mol. The average molecular weight is 462 g/mol. The van der Waals surface area contributed by atoms with E-state index in [0.29, 0.717) is 23.1 Å². The first-order valence-corrected chi connectivity index (χ1v) is 10.6. The van der Waals surface area contributed by atoms with Crippen LogP contribution in [0.4, 0.5) is 26.5 Å². The number of anilines is 3. The van der Waals surface area contributed by atoms with E-state index in [1.807, 2.05) is 31.2 Å². The SMILES string of the molecule is Cc1cccc([C@@H](CO)NC(=O)Nc2cnn(-c3ccnc(Nc4ccc(F)cc4C)n3)c2)c1. The van der Waals surface area contributed by atoms with E-state index >= 15 is 0 Å². The lowest BCUT2D eigenvalue weighted by Crippen LogP contribution is -2.34. The highest BCUT2D eigenvalue weighted by Gasteiger charge is 2.15. The summed E-state index contributed by atoms with van der Waals surface area (Å²) in [5, 5.41) is 22.5. The van der Waals surface area contributed by atoms with Gasteiger partial charge in [0.25, 0.3) is 0 Å². The van der Waals surface area contributed by atoms with E-state index in [-0.39, 0.29) is 12.4 Å². The van der Waals surface area contributed by atoms with Crippen molar-refractivity contribution >= 4 is 23.4 Å². The first kappa shape index (κ1) is 22.9. The Morgan fingerprint density at radius 3 is 2.79 bits per heavy atom. The number of halogens is 1. The molecule has 2 amide bonds. The van der Waals surface area contributed by atoms with Gasteiger partial charge in [-0.15, -0.1) is 0 Å². The van der Waals surface area contributed by atoms with Gasteiger partial charge in [-0.05, 0) is 43.2 Å². The molecule has 34 heavy (non-hydrogen) atoms. The number of rotatable bonds is 7. The fraction of sp³-hybridized carbons (Fsp3) is 0.167. The molecule has 0 bridgehead atoms. The Morgan fingerprint density at radius 2 is 2.03 bits per heavy atom. The van der Waals surface area contributed by atoms with E-state index in [1.165, 1.54) is 23.0 Å². The highest BCUT2D eigenvalue weighted by atomic mass is 19.1. The number of aliphatic hydroxyl groups is 1. The van der Waals surface area contributed by atoms with Crippen LogP contribution in [0.15, 0.2) is 67.1 Å². The number of hydrogen-bond acceptors (Lipinski definition) is 6. The van der Waals surface area contributed by atoms with Crippen molar-refractivity contribution in [3.63, 3.8) is 0 Å². The highest BCUT2D eigenvalue weighted by molar-refractivity contribution is 5.89. The summed E-state index contributed by atoms with van der Waals surface area (Å²) in [5.74, 6) is 0.472. The van der Waals surface area contributed by atoms with Gasteiger partial charge in [0.1, 0.15) is 5.82 Å². The number of benzene rings is 2. The first-order chi connectivity index (χ1) is 16.4. The van der Waals surface area contributed by atoms with Crippen LogP contribution in [0.5, 0.6) is 0 Å². The van der Waals surface area contributed by atoms with Gasteiger partial charge in [0.15, 0.2) is 5.82 Å². The van der Waals surface area contributed by atoms with E-state index in [4.69, 9.17) is 0 Å². The Hall–Kier alpha value is -4.31. The molecular formula is C24H24FN7O2. The van der Waals surface area contributed by atoms with E-state index in [9.17, 15) is 14.3 Å². The molecule has 4 rings (SSSR count). The molecule has 0 aliphatic carbocycles. The lowest BCUT2D eigenvalue weighted by atomic mass is 10.1. The Bertz CT molecular complexity index is 1310. The molecule has 9 nitrogen and oxygen atoms in total. The molecule has 0 radical (unpaired) electrons. The van der Waals surface area contributed by atoms with Crippen LogP contribution in [-0.4, -0.2) is 37.5 Å². The lowest BCUT2D eigenvalue weighted by Gasteiger charge is -2.17. The minimum Gasteiger partial charge on any atom is -0.394 e. The molecule has 174 valence electrons. The summed E-state index contributed by atoms with van der Waals surface area (Å²) >= 11 is 0. The zero-order valence-electron chi connectivity index (χ0n) is 18.7. The zero-order chi connectivity index (χ0) is 24.1. The molecule has 1 atom stereocenters. The molecule has 0 aliphatic rings. The predicted octanol–water partition coefficient (Wildman–Crippen LogP) is 4.02. The Kier molecular flexibility index (Phi) is 6.79. The minimum atomic E-state index is -0.541. The molecule has 0 unspecified atom stereocenters. The number of nitrogens with one attached hydrogen (secondary N) is 3. The smallest absolute Gasteiger partial charge is 0.319 e. The number of aliphatic hydroxyl groups excluding tert-OH is 1. The third-order valence-corrected chi connectivity index (χ3v) is 5.08. The van der Waals surface area contributed by atoms with Crippen molar-refractivity contribution in [2.45, 2.75) is 19.9 Å². The van der Waals surface area contributed by atoms with Crippen molar-refractivity contribution in [3.8, 4) is 5.82 Å². The monoisotopic (exact) mass is 461 g/mol. The molecule has 0 saturated heterocycles. The average Bonchev–Trinajstić information content (AvgIpc) is 3.28. The fourth-order valence-corrected chi connectivity index (χ4v) is 3.38. The molecular weight excluding hydrogens is 437 g/mol. The van der Waals surface area contributed by atoms with Crippen LogP contribution < -0.4 is 16.0 Å². The van der Waals surface area contributed by atoms with E-state index in [2.05, 4.69) is 31.0 Å². The van der Waals surface area contributed by atoms with Gasteiger partial charge < -0.3 is 21.1 Å². The van der Waals surface area contributed by atoms with Crippen LogP contribution >= 0.6 is 0 Å². The highest BCUT2D eigenvalue weighted by Crippen LogP contribution is 2.20. The van der Waals surface area contributed by atoms with Crippen LogP contribution in [0.1, 0.15) is 22.7 Å². The molecule has 2 heterocycles. The van der Waals surface area contributed by atoms with Gasteiger partial charge in [-0.3, -0.25) is 0 Å². The molecule has 10 heteroatoms. The molecule has 0 saturated carbocycles. The van der Waals surface area contributed by atoms with E-state index in [1.54, 1.807) is 31.5 Å². The summed E-state index contributed by atoms with van der Waals surface area (Å²) in [7, 11) is 0. The van der Waals surface area contributed by atoms with Crippen molar-refractivity contribution < 1.29 is 14.3 Å². The van der Waals surface area contributed by atoms with E-state index in [0.717, 1.165) is 16.7 Å². The molecule has 2 aromatic carbocycles. The van der Waals surface area contributed by atoms with Crippen molar-refractivity contribution in [2.24, 2.45) is 0 Å². The van der Waals surface area contributed by atoms with Gasteiger partial charge in [0.05, 0.1) is 30.7 Å². The maximum absolute atomic E-state index is 13.3. The first-order valence-electron chi connectivity index (χ1n) is 10.6. The summed E-state index contributed by atoms with van der Waals surface area (Å²) in [4.78, 5) is 21.1. The quantitative estimate of drug-likeness (QED) is 0.330. The second-order valence-corrected chi connectivity index (χ2v) is 7.74. The van der Waals surface area contributed by atoms with Crippen molar-refractivity contribution in [1.29, 1.82) is 0 Å². The Balaban J connectivity index is 1.43. The third kappa shape index (κ3) is 5.54. The fourth-order valence-electron chi connectivity index (χ4n) is 3.38. The third-order valence-electron chi connectivity index (χ3n) is 5.08. The lowest BCUT2D eigenvalue weighted by molar-refractivity contribution is 0.225. The second-order valence-electron chi connectivity index (χ2n) is 7.74. The molecule has 0 spiro atoms. The molecule has 2 aromatic heterocycles. The van der Waals surface area contributed by atoms with Crippen LogP contribution in [0.3, 0.4) is 0 Å². The molecule has 0 aliphatic heterocycles. The topological polar surface area (TPSA) is 117 Å². The number of aryl methyl sites for hydroxylation is 2. The summed E-state index contributed by atoms with van der Waals surface area (Å²) < 4.78 is 14.8. The van der Waals surface area contributed by atoms with Crippen molar-refractivity contribution in [2.75, 3.05) is 17.2 Å². The minimum absolute atomic E-state index is 0.236. The van der Waals surface area contributed by atoms with E-state index < -0.39 is 12.1 Å². The molecule has 4 N–H and O–H groups in total. The number of urea groups is 1. The summed E-state index contributed by atoms with van der Waals surface area (Å²) in [5.41, 5.74) is 3.70. The number of carbonyl (C=O) groups is 1. The summed E-state index contributed by atoms with van der Waals surface area (Å²) in [6.45, 7) is 3.49. The number of hydrogen-bond donors (Lipinski definition) is 4. The zero-order valence-corrected chi connectivity index (χ0v) is 18.7. The van der Waals surface area contributed by atoms with Crippen molar-refractivity contribution in [1.82, 2.24) is 25.1 Å². The Morgan fingerprint density at radius 1 is 1.18 bits per heavy atom. The van der Waals surface area contributed by atoms with Gasteiger partial charge in [-0.1, -0.05) is 29.8 Å². The van der Waals surface area contributed by atoms with Crippen LogP contribution in [0.2, 0.25) is 0 Å². The van der Waals surface area contributed by atoms with Gasteiger partial charge in [0.2, 0.25) is 5.95 Å². The van der Waals surface area contributed by atoms with Gasteiger partial charge in [-0.2, -0.15) is 10.1 Å². The number of amides is 2.